The molecule has 4 rings (SSSR count). The van der Waals surface area contributed by atoms with Crippen LogP contribution in [0.5, 0.6) is 0 Å². The fourth-order valence-corrected chi connectivity index (χ4v) is 3.60. The number of anilines is 1. The molecule has 0 aliphatic carbocycles. The lowest BCUT2D eigenvalue weighted by Gasteiger charge is -2.21. The summed E-state index contributed by atoms with van der Waals surface area (Å²) in [7, 11) is 0. The second-order valence-electron chi connectivity index (χ2n) is 7.39. The molecule has 2 aromatic heterocycles. The molecular weight excluding hydrogens is 416 g/mol. The first-order chi connectivity index (χ1) is 15.6. The number of aliphatic imine (C=N–C) groups is 1. The number of hydrogen-bond acceptors (Lipinski definition) is 6. The molecule has 1 aliphatic heterocycles. The third kappa shape index (κ3) is 5.19. The Morgan fingerprint density at radius 3 is 2.81 bits per heavy atom. The molecule has 1 aliphatic rings. The molecule has 2 N–H and O–H groups in total. The minimum Gasteiger partial charge on any atom is -0.365 e. The molecule has 0 spiro atoms. The van der Waals surface area contributed by atoms with Crippen molar-refractivity contribution in [3.8, 4) is 11.6 Å². The number of halogens is 2. The summed E-state index contributed by atoms with van der Waals surface area (Å²) in [6.45, 7) is 4.17. The van der Waals surface area contributed by atoms with E-state index in [9.17, 15) is 8.78 Å². The van der Waals surface area contributed by atoms with Crippen LogP contribution in [0.25, 0.3) is 11.6 Å². The zero-order chi connectivity index (χ0) is 22.3. The molecule has 8 nitrogen and oxygen atoms in total. The van der Waals surface area contributed by atoms with E-state index >= 15 is 0 Å². The molecule has 0 amide bonds. The maximum absolute atomic E-state index is 14.1. The number of nitrogens with zero attached hydrogens (tertiary/aromatic N) is 5. The summed E-state index contributed by atoms with van der Waals surface area (Å²) in [5.74, 6) is 0.475. The van der Waals surface area contributed by atoms with Gasteiger partial charge in [0.15, 0.2) is 11.8 Å². The van der Waals surface area contributed by atoms with Crippen LogP contribution in [0.3, 0.4) is 0 Å². The van der Waals surface area contributed by atoms with Crippen molar-refractivity contribution in [2.75, 3.05) is 31.1 Å². The van der Waals surface area contributed by atoms with Gasteiger partial charge in [-0.1, -0.05) is 17.3 Å². The van der Waals surface area contributed by atoms with Crippen molar-refractivity contribution in [3.63, 3.8) is 0 Å². The Bertz CT molecular complexity index is 1040. The fourth-order valence-electron chi connectivity index (χ4n) is 3.60. The SMILES string of the molecule is CCNC(=NCCc1noc(-c2ccccn2)n1)NC1CCN(c2c(F)cccc2F)C1. The quantitative estimate of drug-likeness (QED) is 0.430. The molecule has 1 fully saturated rings. The molecule has 0 bridgehead atoms. The first-order valence-electron chi connectivity index (χ1n) is 10.6. The Hall–Kier alpha value is -3.56. The van der Waals surface area contributed by atoms with Crippen LogP contribution < -0.4 is 15.5 Å². The van der Waals surface area contributed by atoms with Gasteiger partial charge < -0.3 is 20.1 Å². The van der Waals surface area contributed by atoms with Crippen molar-refractivity contribution in [1.29, 1.82) is 0 Å². The van der Waals surface area contributed by atoms with Crippen LogP contribution in [0.15, 0.2) is 52.1 Å². The van der Waals surface area contributed by atoms with Gasteiger partial charge in [-0.3, -0.25) is 9.98 Å². The number of aromatic nitrogens is 3. The zero-order valence-electron chi connectivity index (χ0n) is 17.8. The summed E-state index contributed by atoms with van der Waals surface area (Å²) < 4.78 is 33.4. The average Bonchev–Trinajstić information content (AvgIpc) is 3.44. The number of para-hydroxylation sites is 1. The summed E-state index contributed by atoms with van der Waals surface area (Å²) in [5, 5.41) is 10.5. The predicted molar refractivity (Wildman–Crippen MR) is 117 cm³/mol. The minimum atomic E-state index is -0.545. The maximum atomic E-state index is 14.1. The van der Waals surface area contributed by atoms with Crippen LogP contribution in [-0.4, -0.2) is 53.3 Å². The number of benzene rings is 1. The highest BCUT2D eigenvalue weighted by Gasteiger charge is 2.27. The highest BCUT2D eigenvalue weighted by Crippen LogP contribution is 2.26. The van der Waals surface area contributed by atoms with Crippen LogP contribution in [0, 0.1) is 11.6 Å². The van der Waals surface area contributed by atoms with Crippen LogP contribution in [-0.2, 0) is 6.42 Å². The average molecular weight is 441 g/mol. The van der Waals surface area contributed by atoms with Crippen LogP contribution in [0.4, 0.5) is 14.5 Å². The number of nitrogens with one attached hydrogen (secondary N) is 2. The lowest BCUT2D eigenvalue weighted by atomic mass is 10.2. The largest absolute Gasteiger partial charge is 0.365 e. The summed E-state index contributed by atoms with van der Waals surface area (Å²) in [6.07, 6.45) is 2.92. The molecule has 1 unspecified atom stereocenters. The molecule has 0 saturated carbocycles. The lowest BCUT2D eigenvalue weighted by molar-refractivity contribution is 0.421. The van der Waals surface area contributed by atoms with Crippen LogP contribution in [0.2, 0.25) is 0 Å². The molecule has 1 atom stereocenters. The van der Waals surface area contributed by atoms with Gasteiger partial charge in [0.05, 0.1) is 0 Å². The number of pyridine rings is 1. The van der Waals surface area contributed by atoms with Gasteiger partial charge in [-0.2, -0.15) is 4.98 Å². The molecule has 3 aromatic rings. The van der Waals surface area contributed by atoms with Crippen molar-refractivity contribution in [2.24, 2.45) is 4.99 Å². The maximum Gasteiger partial charge on any atom is 0.276 e. The van der Waals surface area contributed by atoms with Crippen molar-refractivity contribution >= 4 is 11.6 Å². The fraction of sp³-hybridized carbons (Fsp3) is 0.364. The van der Waals surface area contributed by atoms with E-state index in [2.05, 4.69) is 30.8 Å². The Labute approximate surface area is 184 Å². The third-order valence-corrected chi connectivity index (χ3v) is 5.08. The van der Waals surface area contributed by atoms with E-state index < -0.39 is 11.6 Å². The second kappa shape index (κ2) is 10.2. The summed E-state index contributed by atoms with van der Waals surface area (Å²) in [5.41, 5.74) is 0.654. The number of hydrogen-bond donors (Lipinski definition) is 2. The molecule has 1 aromatic carbocycles. The number of rotatable bonds is 7. The highest BCUT2D eigenvalue weighted by atomic mass is 19.1. The Balaban J connectivity index is 1.33. The number of guanidine groups is 1. The van der Waals surface area contributed by atoms with Crippen molar-refractivity contribution in [1.82, 2.24) is 25.8 Å². The van der Waals surface area contributed by atoms with Gasteiger partial charge in [0.25, 0.3) is 5.89 Å². The van der Waals surface area contributed by atoms with E-state index in [-0.39, 0.29) is 11.7 Å². The first-order valence-corrected chi connectivity index (χ1v) is 10.6. The summed E-state index contributed by atoms with van der Waals surface area (Å²) >= 11 is 0. The monoisotopic (exact) mass is 441 g/mol. The Kier molecular flexibility index (Phi) is 6.88. The predicted octanol–water partition coefficient (Wildman–Crippen LogP) is 2.79. The van der Waals surface area contributed by atoms with E-state index in [1.807, 2.05) is 19.1 Å². The van der Waals surface area contributed by atoms with Gasteiger partial charge in [-0.15, -0.1) is 0 Å². The Morgan fingerprint density at radius 2 is 2.06 bits per heavy atom. The second-order valence-corrected chi connectivity index (χ2v) is 7.39. The van der Waals surface area contributed by atoms with Gasteiger partial charge >= 0.3 is 0 Å². The standard InChI is InChI=1S/C22H25F2N7O/c1-2-25-22(27-12-9-19-29-21(32-30-19)18-8-3-4-11-26-18)28-15-10-13-31(14-15)20-16(23)6-5-7-17(20)24/h3-8,11,15H,2,9-10,12-14H2,1H3,(H2,25,27,28). The van der Waals surface area contributed by atoms with E-state index in [0.717, 1.165) is 6.42 Å². The van der Waals surface area contributed by atoms with E-state index in [1.54, 1.807) is 17.2 Å². The molecule has 32 heavy (non-hydrogen) atoms. The first kappa shape index (κ1) is 21.7. The smallest absolute Gasteiger partial charge is 0.276 e. The zero-order valence-corrected chi connectivity index (χ0v) is 17.8. The van der Waals surface area contributed by atoms with E-state index in [1.165, 1.54) is 18.2 Å². The van der Waals surface area contributed by atoms with Gasteiger partial charge in [0.2, 0.25) is 0 Å². The summed E-state index contributed by atoms with van der Waals surface area (Å²) in [6, 6.07) is 9.44. The Morgan fingerprint density at radius 1 is 1.22 bits per heavy atom. The summed E-state index contributed by atoms with van der Waals surface area (Å²) in [4.78, 5) is 14.9. The van der Waals surface area contributed by atoms with Crippen LogP contribution in [0.1, 0.15) is 19.2 Å². The van der Waals surface area contributed by atoms with Crippen molar-refractivity contribution < 1.29 is 13.3 Å². The molecule has 3 heterocycles. The topological polar surface area (TPSA) is 91.5 Å². The molecular formula is C22H25F2N7O. The van der Waals surface area contributed by atoms with Crippen molar-refractivity contribution in [3.05, 3.63) is 60.1 Å². The lowest BCUT2D eigenvalue weighted by Crippen LogP contribution is -2.44. The molecule has 168 valence electrons. The van der Waals surface area contributed by atoms with Gasteiger partial charge in [-0.05, 0) is 37.6 Å². The third-order valence-electron chi connectivity index (χ3n) is 5.08. The van der Waals surface area contributed by atoms with Gasteiger partial charge in [0, 0.05) is 44.8 Å². The van der Waals surface area contributed by atoms with Crippen molar-refractivity contribution in [2.45, 2.75) is 25.8 Å². The highest BCUT2D eigenvalue weighted by molar-refractivity contribution is 5.80. The van der Waals surface area contributed by atoms with Gasteiger partial charge in [-0.25, -0.2) is 8.78 Å². The van der Waals surface area contributed by atoms with Gasteiger partial charge in [0.1, 0.15) is 23.0 Å². The van der Waals surface area contributed by atoms with Crippen LogP contribution >= 0.6 is 0 Å². The van der Waals surface area contributed by atoms with E-state index in [4.69, 9.17) is 4.52 Å². The molecule has 0 radical (unpaired) electrons. The normalized spacial score (nSPS) is 16.4. The molecule has 10 heteroatoms. The van der Waals surface area contributed by atoms with E-state index in [0.29, 0.717) is 56.0 Å². The molecule has 1 saturated heterocycles. The minimum absolute atomic E-state index is 0.0211.